The zero-order chi connectivity index (χ0) is 16.4. The monoisotopic (exact) mass is 342 g/mol. The average Bonchev–Trinajstić information content (AvgIpc) is 2.97. The number of nitrogens with zero attached hydrogens (tertiary/aromatic N) is 2. The number of aliphatic hydroxyl groups excluding tert-OH is 1. The number of aromatic nitrogens is 2. The van der Waals surface area contributed by atoms with Crippen molar-refractivity contribution >= 4 is 39.1 Å². The number of carbonyl (C=O) groups excluding carboxylic acids is 1. The Morgan fingerprint density at radius 2 is 1.91 bits per heavy atom. The molecule has 0 saturated carbocycles. The van der Waals surface area contributed by atoms with E-state index in [1.54, 1.807) is 0 Å². The largest absolute Gasteiger partial charge is 0.511 e. The lowest BCUT2D eigenvalue weighted by molar-refractivity contribution is -0.113. The first-order chi connectivity index (χ1) is 11.1. The zero-order valence-electron chi connectivity index (χ0n) is 12.6. The minimum atomic E-state index is -0.182. The van der Waals surface area contributed by atoms with Gasteiger partial charge in [0, 0.05) is 10.9 Å². The van der Waals surface area contributed by atoms with Crippen molar-refractivity contribution in [2.45, 2.75) is 18.9 Å². The van der Waals surface area contributed by atoms with Gasteiger partial charge in [-0.25, -0.2) is 9.97 Å². The Hall–Kier alpha value is -2.18. The molecular formula is C17H14N2O2S2. The van der Waals surface area contributed by atoms with E-state index in [1.807, 2.05) is 35.7 Å². The second-order valence-electron chi connectivity index (χ2n) is 4.95. The third-order valence-electron chi connectivity index (χ3n) is 3.27. The number of Topliss-reactive ketones (excluding diaryl/α,β-unsaturated/α-hetero) is 1. The van der Waals surface area contributed by atoms with E-state index in [4.69, 9.17) is 0 Å². The van der Waals surface area contributed by atoms with Gasteiger partial charge in [-0.3, -0.25) is 4.79 Å². The molecule has 0 aliphatic rings. The predicted molar refractivity (Wildman–Crippen MR) is 94.7 cm³/mol. The van der Waals surface area contributed by atoms with Crippen LogP contribution in [0, 0.1) is 0 Å². The molecule has 0 unspecified atom stereocenters. The molecule has 1 N–H and O–H groups in total. The maximum Gasteiger partial charge on any atom is 0.169 e. The molecule has 1 aromatic carbocycles. The number of allylic oxidation sites excluding steroid dienone is 2. The van der Waals surface area contributed by atoms with Crippen LogP contribution in [-0.4, -0.2) is 20.9 Å². The van der Waals surface area contributed by atoms with Gasteiger partial charge in [-0.2, -0.15) is 0 Å². The number of fused-ring (bicyclic) bond motifs is 1. The molecule has 23 heavy (non-hydrogen) atoms. The quantitative estimate of drug-likeness (QED) is 0.318. The number of hydrogen-bond donors (Lipinski definition) is 1. The van der Waals surface area contributed by atoms with Gasteiger partial charge in [0.2, 0.25) is 0 Å². The summed E-state index contributed by atoms with van der Waals surface area (Å²) in [4.78, 5) is 21.5. The number of benzene rings is 1. The summed E-state index contributed by atoms with van der Waals surface area (Å²) < 4.78 is 0. The molecule has 0 aliphatic heterocycles. The number of thiophene rings is 1. The highest BCUT2D eigenvalue weighted by Gasteiger charge is 2.17. The Kier molecular flexibility index (Phi) is 4.45. The van der Waals surface area contributed by atoms with Crippen LogP contribution >= 0.6 is 23.1 Å². The van der Waals surface area contributed by atoms with Crippen LogP contribution < -0.4 is 0 Å². The van der Waals surface area contributed by atoms with Crippen molar-refractivity contribution < 1.29 is 9.90 Å². The summed E-state index contributed by atoms with van der Waals surface area (Å²) in [7, 11) is 0. The lowest BCUT2D eigenvalue weighted by atomic mass is 10.1. The number of hydrogen-bond acceptors (Lipinski definition) is 6. The fraction of sp³-hybridized carbons (Fsp3) is 0.118. The SMILES string of the molecule is CC(=O)/C(Sc1ncnc2scc(-c3ccccc3)c12)=C(\C)O. The summed E-state index contributed by atoms with van der Waals surface area (Å²) in [6, 6.07) is 9.99. The average molecular weight is 342 g/mol. The molecule has 0 amide bonds. The van der Waals surface area contributed by atoms with Gasteiger partial charge in [-0.05, 0) is 19.4 Å². The van der Waals surface area contributed by atoms with Crippen molar-refractivity contribution in [1.29, 1.82) is 0 Å². The van der Waals surface area contributed by atoms with Gasteiger partial charge in [0.15, 0.2) is 5.78 Å². The summed E-state index contributed by atoms with van der Waals surface area (Å²) in [5.41, 5.74) is 2.11. The molecule has 3 aromatic rings. The molecule has 0 atom stereocenters. The van der Waals surface area contributed by atoms with E-state index in [9.17, 15) is 9.90 Å². The van der Waals surface area contributed by atoms with Crippen molar-refractivity contribution in [3.63, 3.8) is 0 Å². The Labute approximate surface area is 141 Å². The van der Waals surface area contributed by atoms with Crippen LogP contribution in [0.25, 0.3) is 21.3 Å². The molecule has 4 nitrogen and oxygen atoms in total. The lowest BCUT2D eigenvalue weighted by Gasteiger charge is -2.07. The Morgan fingerprint density at radius 3 is 2.57 bits per heavy atom. The van der Waals surface area contributed by atoms with Crippen LogP contribution in [0.15, 0.2) is 57.7 Å². The normalized spacial score (nSPS) is 12.3. The number of rotatable bonds is 4. The molecule has 0 bridgehead atoms. The molecule has 2 aromatic heterocycles. The third kappa shape index (κ3) is 3.13. The van der Waals surface area contributed by atoms with Gasteiger partial charge in [-0.15, -0.1) is 11.3 Å². The van der Waals surface area contributed by atoms with E-state index in [0.717, 1.165) is 21.3 Å². The molecule has 0 saturated heterocycles. The number of aliphatic hydroxyl groups is 1. The van der Waals surface area contributed by atoms with Crippen molar-refractivity contribution in [1.82, 2.24) is 9.97 Å². The minimum absolute atomic E-state index is 0.00533. The molecule has 0 spiro atoms. The zero-order valence-corrected chi connectivity index (χ0v) is 14.2. The maximum absolute atomic E-state index is 11.7. The van der Waals surface area contributed by atoms with Gasteiger partial charge in [-0.1, -0.05) is 42.1 Å². The molecule has 6 heteroatoms. The fourth-order valence-corrected chi connectivity index (χ4v) is 4.13. The van der Waals surface area contributed by atoms with E-state index >= 15 is 0 Å². The summed E-state index contributed by atoms with van der Waals surface area (Å²) in [5.74, 6) is -0.177. The molecule has 3 rings (SSSR count). The number of thioether (sulfide) groups is 1. The second kappa shape index (κ2) is 6.52. The Balaban J connectivity index is 2.17. The first-order valence-electron chi connectivity index (χ1n) is 6.94. The molecule has 116 valence electrons. The molecular weight excluding hydrogens is 328 g/mol. The van der Waals surface area contributed by atoms with Crippen molar-refractivity contribution in [3.05, 3.63) is 52.7 Å². The highest BCUT2D eigenvalue weighted by molar-refractivity contribution is 8.04. The fourth-order valence-electron chi connectivity index (χ4n) is 2.25. The summed E-state index contributed by atoms with van der Waals surface area (Å²) >= 11 is 2.72. The third-order valence-corrected chi connectivity index (χ3v) is 5.44. The minimum Gasteiger partial charge on any atom is -0.511 e. The lowest BCUT2D eigenvalue weighted by Crippen LogP contribution is -1.97. The van der Waals surface area contributed by atoms with E-state index in [1.165, 1.54) is 43.3 Å². The first-order valence-corrected chi connectivity index (χ1v) is 8.63. The van der Waals surface area contributed by atoms with Crippen LogP contribution in [-0.2, 0) is 4.79 Å². The number of ketones is 1. The molecule has 0 radical (unpaired) electrons. The Morgan fingerprint density at radius 1 is 1.17 bits per heavy atom. The van der Waals surface area contributed by atoms with Gasteiger partial charge in [0.1, 0.15) is 21.9 Å². The standard InChI is InChI=1S/C17H14N2O2S2/c1-10(20)15(11(2)21)23-17-14-13(12-6-4-3-5-7-12)8-22-16(14)18-9-19-17/h3-9,20H,1-2H3/b15-10-. The van der Waals surface area contributed by atoms with Gasteiger partial charge >= 0.3 is 0 Å². The highest BCUT2D eigenvalue weighted by Crippen LogP contribution is 2.40. The second-order valence-corrected chi connectivity index (χ2v) is 6.80. The van der Waals surface area contributed by atoms with Crippen molar-refractivity contribution in [2.75, 3.05) is 0 Å². The first kappa shape index (κ1) is 15.7. The van der Waals surface area contributed by atoms with Gasteiger partial charge < -0.3 is 5.11 Å². The maximum atomic E-state index is 11.7. The van der Waals surface area contributed by atoms with Crippen LogP contribution in [0.4, 0.5) is 0 Å². The van der Waals surface area contributed by atoms with Gasteiger partial charge in [0.05, 0.1) is 10.3 Å². The van der Waals surface area contributed by atoms with Crippen LogP contribution in [0.2, 0.25) is 0 Å². The molecule has 0 aliphatic carbocycles. The summed E-state index contributed by atoms with van der Waals surface area (Å²) in [5, 5.41) is 13.4. The van der Waals surface area contributed by atoms with E-state index in [2.05, 4.69) is 9.97 Å². The van der Waals surface area contributed by atoms with Crippen LogP contribution in [0.3, 0.4) is 0 Å². The smallest absolute Gasteiger partial charge is 0.169 e. The van der Waals surface area contributed by atoms with Crippen molar-refractivity contribution in [2.24, 2.45) is 0 Å². The van der Waals surface area contributed by atoms with Crippen LogP contribution in [0.5, 0.6) is 0 Å². The van der Waals surface area contributed by atoms with E-state index < -0.39 is 0 Å². The van der Waals surface area contributed by atoms with E-state index in [-0.39, 0.29) is 11.5 Å². The molecule has 0 fully saturated rings. The molecule has 2 heterocycles. The van der Waals surface area contributed by atoms with E-state index in [0.29, 0.717) is 9.93 Å². The highest BCUT2D eigenvalue weighted by atomic mass is 32.2. The predicted octanol–water partition coefficient (Wildman–Crippen LogP) is 4.83. The topological polar surface area (TPSA) is 63.1 Å². The number of carbonyl (C=O) groups is 1. The summed E-state index contributed by atoms with van der Waals surface area (Å²) in [6.45, 7) is 2.94. The van der Waals surface area contributed by atoms with Gasteiger partial charge in [0.25, 0.3) is 0 Å². The summed E-state index contributed by atoms with van der Waals surface area (Å²) in [6.07, 6.45) is 1.49. The Bertz CT molecular complexity index is 897. The van der Waals surface area contributed by atoms with Crippen molar-refractivity contribution in [3.8, 4) is 11.1 Å². The van der Waals surface area contributed by atoms with Crippen LogP contribution in [0.1, 0.15) is 13.8 Å².